The van der Waals surface area contributed by atoms with Crippen molar-refractivity contribution in [2.75, 3.05) is 0 Å². The van der Waals surface area contributed by atoms with E-state index in [2.05, 4.69) is 43.8 Å². The van der Waals surface area contributed by atoms with Crippen molar-refractivity contribution in [3.05, 3.63) is 29.6 Å². The van der Waals surface area contributed by atoms with Crippen molar-refractivity contribution in [1.29, 1.82) is 0 Å². The molecule has 1 aromatic heterocycles. The van der Waals surface area contributed by atoms with Gasteiger partial charge in [0.25, 0.3) is 0 Å². The summed E-state index contributed by atoms with van der Waals surface area (Å²) in [5.74, 6) is 0. The maximum atomic E-state index is 2.56. The summed E-state index contributed by atoms with van der Waals surface area (Å²) in [6.07, 6.45) is 65.3. The number of rotatable bonds is 43. The van der Waals surface area contributed by atoms with Crippen molar-refractivity contribution < 1.29 is 4.57 Å². The van der Waals surface area contributed by atoms with Crippen molar-refractivity contribution in [1.82, 2.24) is 0 Å². The lowest BCUT2D eigenvalue weighted by molar-refractivity contribution is -0.697. The fourth-order valence-corrected chi connectivity index (χ4v) is 8.38. The number of hydrogen-bond acceptors (Lipinski definition) is 0. The maximum Gasteiger partial charge on any atom is 0.172 e. The van der Waals surface area contributed by atoms with Crippen LogP contribution in [0.1, 0.15) is 289 Å². The van der Waals surface area contributed by atoms with E-state index in [-0.39, 0.29) is 0 Å². The van der Waals surface area contributed by atoms with Gasteiger partial charge in [-0.2, -0.15) is 0 Å². The van der Waals surface area contributed by atoms with Crippen LogP contribution in [-0.4, -0.2) is 0 Å². The van der Waals surface area contributed by atoms with Crippen LogP contribution in [0.4, 0.5) is 0 Å². The van der Waals surface area contributed by atoms with E-state index < -0.39 is 0 Å². The zero-order valence-electron chi connectivity index (χ0n) is 36.6. The van der Waals surface area contributed by atoms with E-state index in [0.717, 1.165) is 0 Å². The molecule has 0 fully saturated rings. The van der Waals surface area contributed by atoms with Gasteiger partial charge in [-0.05, 0) is 37.7 Å². The van der Waals surface area contributed by atoms with E-state index in [1.807, 2.05) is 0 Å². The van der Waals surface area contributed by atoms with Gasteiger partial charge in [-0.15, -0.1) is 0 Å². The van der Waals surface area contributed by atoms with Gasteiger partial charge in [0.15, 0.2) is 12.4 Å². The van der Waals surface area contributed by atoms with Crippen LogP contribution >= 0.6 is 0 Å². The molecule has 1 heteroatoms. The standard InChI is InChI=1S/C51H98N/c1-4-7-10-13-16-18-20-22-24-26-28-30-32-34-36-38-41-44-50-46-48-52(47-43-40-15-12-9-6-3)49-51(50)45-42-39-37-35-33-31-29-27-25-23-21-19-17-14-11-8-5-2/h46,48-49H,4-45,47H2,1-3H3/q+1. The van der Waals surface area contributed by atoms with Gasteiger partial charge in [-0.25, -0.2) is 4.57 Å². The number of pyridine rings is 1. The molecule has 0 bridgehead atoms. The normalized spacial score (nSPS) is 11.6. The minimum atomic E-state index is 1.21. The molecule has 0 aromatic carbocycles. The first-order valence-corrected chi connectivity index (χ1v) is 24.8. The Labute approximate surface area is 330 Å². The summed E-state index contributed by atoms with van der Waals surface area (Å²) in [7, 11) is 0. The summed E-state index contributed by atoms with van der Waals surface area (Å²) >= 11 is 0. The van der Waals surface area contributed by atoms with Crippen LogP contribution in [0.3, 0.4) is 0 Å². The van der Waals surface area contributed by atoms with E-state index in [0.29, 0.717) is 0 Å². The first-order valence-electron chi connectivity index (χ1n) is 24.8. The Kier molecular flexibility index (Phi) is 39.1. The molecule has 0 saturated carbocycles. The molecule has 0 aliphatic heterocycles. The van der Waals surface area contributed by atoms with Crippen molar-refractivity contribution in [3.63, 3.8) is 0 Å². The Balaban J connectivity index is 2.19. The van der Waals surface area contributed by atoms with Crippen molar-refractivity contribution in [3.8, 4) is 0 Å². The Morgan fingerprint density at radius 1 is 0.288 bits per heavy atom. The summed E-state index contributed by atoms with van der Waals surface area (Å²) in [5.41, 5.74) is 3.34. The number of nitrogens with zero attached hydrogens (tertiary/aromatic N) is 1. The molecular formula is C51H98N+. The summed E-state index contributed by atoms with van der Waals surface area (Å²) in [4.78, 5) is 0. The van der Waals surface area contributed by atoms with Crippen LogP contribution < -0.4 is 4.57 Å². The second-order valence-electron chi connectivity index (χ2n) is 17.3. The van der Waals surface area contributed by atoms with Gasteiger partial charge in [-0.1, -0.05) is 252 Å². The average molecular weight is 725 g/mol. The van der Waals surface area contributed by atoms with E-state index in [9.17, 15) is 0 Å². The largest absolute Gasteiger partial charge is 0.205 e. The van der Waals surface area contributed by atoms with Crippen LogP contribution in [-0.2, 0) is 19.4 Å². The lowest BCUT2D eigenvalue weighted by atomic mass is 9.97. The third-order valence-electron chi connectivity index (χ3n) is 12.1. The molecule has 0 aliphatic rings. The van der Waals surface area contributed by atoms with Gasteiger partial charge in [0.05, 0.1) is 0 Å². The lowest BCUT2D eigenvalue weighted by Gasteiger charge is -2.10. The van der Waals surface area contributed by atoms with Crippen LogP contribution in [0.15, 0.2) is 18.5 Å². The highest BCUT2D eigenvalue weighted by Crippen LogP contribution is 2.19. The third-order valence-corrected chi connectivity index (χ3v) is 12.1. The quantitative estimate of drug-likeness (QED) is 0.0466. The molecule has 306 valence electrons. The first-order chi connectivity index (χ1) is 25.8. The second kappa shape index (κ2) is 41.3. The molecule has 0 atom stereocenters. The summed E-state index contributed by atoms with van der Waals surface area (Å²) < 4.78 is 2.53. The highest BCUT2D eigenvalue weighted by Gasteiger charge is 2.10. The van der Waals surface area contributed by atoms with Gasteiger partial charge < -0.3 is 0 Å². The lowest BCUT2D eigenvalue weighted by Crippen LogP contribution is -2.34. The van der Waals surface area contributed by atoms with Gasteiger partial charge in [0, 0.05) is 18.1 Å². The van der Waals surface area contributed by atoms with Gasteiger partial charge in [0.1, 0.15) is 6.54 Å². The minimum absolute atomic E-state index is 1.21. The smallest absolute Gasteiger partial charge is 0.172 e. The number of unbranched alkanes of at least 4 members (excludes halogenated alkanes) is 37. The molecular weight excluding hydrogens is 627 g/mol. The zero-order valence-corrected chi connectivity index (χ0v) is 36.6. The molecule has 0 spiro atoms. The highest BCUT2D eigenvalue weighted by molar-refractivity contribution is 5.21. The van der Waals surface area contributed by atoms with Crippen LogP contribution in [0, 0.1) is 0 Å². The van der Waals surface area contributed by atoms with Crippen molar-refractivity contribution >= 4 is 0 Å². The maximum absolute atomic E-state index is 2.56. The molecule has 0 aliphatic carbocycles. The Morgan fingerprint density at radius 3 is 0.846 bits per heavy atom. The second-order valence-corrected chi connectivity index (χ2v) is 17.3. The monoisotopic (exact) mass is 725 g/mol. The minimum Gasteiger partial charge on any atom is -0.205 e. The topological polar surface area (TPSA) is 3.88 Å². The Bertz CT molecular complexity index is 813. The SMILES string of the molecule is CCCCCCCCCCCCCCCCCCCc1cc[n+](CCCCCCCC)cc1CCCCCCCCCCCCCCCCCCC. The first kappa shape index (κ1) is 49.2. The van der Waals surface area contributed by atoms with Gasteiger partial charge in [0.2, 0.25) is 0 Å². The Morgan fingerprint density at radius 2 is 0.538 bits per heavy atom. The molecule has 52 heavy (non-hydrogen) atoms. The fraction of sp³-hybridized carbons (Fsp3) is 0.902. The predicted molar refractivity (Wildman–Crippen MR) is 236 cm³/mol. The van der Waals surface area contributed by atoms with E-state index in [1.165, 1.54) is 276 Å². The zero-order chi connectivity index (χ0) is 37.3. The molecule has 0 saturated heterocycles. The molecule has 0 unspecified atom stereocenters. The van der Waals surface area contributed by atoms with Crippen LogP contribution in [0.25, 0.3) is 0 Å². The van der Waals surface area contributed by atoms with E-state index >= 15 is 0 Å². The van der Waals surface area contributed by atoms with Crippen molar-refractivity contribution in [2.45, 2.75) is 297 Å². The van der Waals surface area contributed by atoms with E-state index in [4.69, 9.17) is 0 Å². The van der Waals surface area contributed by atoms with Crippen molar-refractivity contribution in [2.24, 2.45) is 0 Å². The van der Waals surface area contributed by atoms with Gasteiger partial charge >= 0.3 is 0 Å². The third kappa shape index (κ3) is 33.7. The summed E-state index contributed by atoms with van der Waals surface area (Å²) in [6, 6.07) is 2.51. The molecule has 1 nitrogen and oxygen atoms in total. The number of hydrogen-bond donors (Lipinski definition) is 0. The molecule has 1 rings (SSSR count). The summed E-state index contributed by atoms with van der Waals surface area (Å²) in [6.45, 7) is 8.15. The highest BCUT2D eigenvalue weighted by atomic mass is 14.9. The van der Waals surface area contributed by atoms with E-state index in [1.54, 1.807) is 11.1 Å². The molecule has 0 N–H and O–H groups in total. The molecule has 1 aromatic rings. The van der Waals surface area contributed by atoms with Gasteiger partial charge in [-0.3, -0.25) is 0 Å². The average Bonchev–Trinajstić information content (AvgIpc) is 3.16. The number of aryl methyl sites for hydroxylation is 3. The number of aromatic nitrogens is 1. The Hall–Kier alpha value is -0.850. The molecule has 0 amide bonds. The molecule has 0 radical (unpaired) electrons. The van der Waals surface area contributed by atoms with Crippen LogP contribution in [0.5, 0.6) is 0 Å². The fourth-order valence-electron chi connectivity index (χ4n) is 8.38. The molecule has 1 heterocycles. The van der Waals surface area contributed by atoms with Crippen LogP contribution in [0.2, 0.25) is 0 Å². The summed E-state index contributed by atoms with van der Waals surface area (Å²) in [5, 5.41) is 0. The predicted octanol–water partition coefficient (Wildman–Crippen LogP) is 17.7.